The molecule has 1 N–H and O–H groups in total. The van der Waals surface area contributed by atoms with Crippen LogP contribution >= 0.6 is 11.8 Å². The molecule has 148 valence electrons. The Morgan fingerprint density at radius 3 is 2.93 bits per heavy atom. The molecule has 1 aromatic rings. The van der Waals surface area contributed by atoms with Gasteiger partial charge in [0.2, 0.25) is 0 Å². The lowest BCUT2D eigenvalue weighted by Crippen LogP contribution is -2.32. The highest BCUT2D eigenvalue weighted by Crippen LogP contribution is 2.23. The minimum Gasteiger partial charge on any atom is -0.466 e. The zero-order valence-corrected chi connectivity index (χ0v) is 16.9. The number of rotatable bonds is 5. The summed E-state index contributed by atoms with van der Waals surface area (Å²) in [6.45, 7) is 5.54. The number of nitrogens with zero attached hydrogens (tertiary/aromatic N) is 3. The minimum absolute atomic E-state index is 0.235. The van der Waals surface area contributed by atoms with Crippen LogP contribution in [0.15, 0.2) is 45.4 Å². The van der Waals surface area contributed by atoms with Crippen molar-refractivity contribution in [3.05, 3.63) is 46.4 Å². The van der Waals surface area contributed by atoms with Crippen LogP contribution in [-0.4, -0.2) is 48.4 Å². The van der Waals surface area contributed by atoms with Gasteiger partial charge < -0.3 is 4.74 Å². The third-order valence-electron chi connectivity index (χ3n) is 4.69. The third-order valence-corrected chi connectivity index (χ3v) is 5.59. The molecule has 28 heavy (non-hydrogen) atoms. The van der Waals surface area contributed by atoms with E-state index in [1.54, 1.807) is 6.21 Å². The fourth-order valence-electron chi connectivity index (χ4n) is 3.04. The number of benzene rings is 1. The summed E-state index contributed by atoms with van der Waals surface area (Å²) in [6.07, 6.45) is 5.31. The number of amidine groups is 1. The fraction of sp³-hybridized carbons (Fsp3) is 0.400. The Hall–Kier alpha value is -2.45. The number of amides is 1. The largest absolute Gasteiger partial charge is 0.466 e. The quantitative estimate of drug-likeness (QED) is 0.355. The van der Waals surface area contributed by atoms with Gasteiger partial charge in [-0.2, -0.15) is 5.10 Å². The number of esters is 1. The number of thioether (sulfide) groups is 1. The molecule has 0 spiro atoms. The van der Waals surface area contributed by atoms with E-state index in [0.29, 0.717) is 5.17 Å². The number of methoxy groups -OCH3 is 1. The second kappa shape index (κ2) is 9.66. The summed E-state index contributed by atoms with van der Waals surface area (Å²) in [7, 11) is 1.26. The summed E-state index contributed by atoms with van der Waals surface area (Å²) in [5, 5.41) is 11.0. The molecule has 7 nitrogen and oxygen atoms in total. The van der Waals surface area contributed by atoms with E-state index in [4.69, 9.17) is 0 Å². The first-order chi connectivity index (χ1) is 13.5. The first-order valence-electron chi connectivity index (χ1n) is 9.24. The number of hydrogen-bond donors (Lipinski definition) is 1. The number of likely N-dealkylation sites (tertiary alicyclic amines) is 1. The molecular formula is C20H24N4O3S. The summed E-state index contributed by atoms with van der Waals surface area (Å²) in [4.78, 5) is 25.7. The van der Waals surface area contributed by atoms with Crippen LogP contribution in [0.2, 0.25) is 0 Å². The molecule has 2 aliphatic rings. The van der Waals surface area contributed by atoms with Crippen molar-refractivity contribution in [3.8, 4) is 0 Å². The molecule has 8 heteroatoms. The molecule has 0 bridgehead atoms. The maximum Gasteiger partial charge on any atom is 0.331 e. The Morgan fingerprint density at radius 1 is 1.39 bits per heavy atom. The van der Waals surface area contributed by atoms with Crippen molar-refractivity contribution in [1.29, 1.82) is 0 Å². The zero-order valence-electron chi connectivity index (χ0n) is 16.1. The van der Waals surface area contributed by atoms with Crippen molar-refractivity contribution in [3.63, 3.8) is 0 Å². The van der Waals surface area contributed by atoms with E-state index in [2.05, 4.69) is 44.2 Å². The number of piperidine rings is 1. The van der Waals surface area contributed by atoms with Gasteiger partial charge in [-0.1, -0.05) is 25.1 Å². The molecule has 0 aliphatic carbocycles. The van der Waals surface area contributed by atoms with Crippen LogP contribution < -0.4 is 5.32 Å². The van der Waals surface area contributed by atoms with Gasteiger partial charge in [-0.25, -0.2) is 4.79 Å². The van der Waals surface area contributed by atoms with Crippen molar-refractivity contribution < 1.29 is 14.3 Å². The molecule has 3 rings (SSSR count). The van der Waals surface area contributed by atoms with Crippen molar-refractivity contribution in [2.45, 2.75) is 26.3 Å². The normalized spacial score (nSPS) is 21.6. The van der Waals surface area contributed by atoms with E-state index in [1.165, 1.54) is 25.5 Å². The number of nitrogens with one attached hydrogen (secondary N) is 1. The van der Waals surface area contributed by atoms with E-state index in [1.807, 2.05) is 12.1 Å². The van der Waals surface area contributed by atoms with Crippen molar-refractivity contribution >= 4 is 35.0 Å². The first-order valence-corrected chi connectivity index (χ1v) is 10.1. The average molecular weight is 401 g/mol. The monoisotopic (exact) mass is 400 g/mol. The maximum absolute atomic E-state index is 11.8. The number of hydrogen-bond acceptors (Lipinski definition) is 7. The number of carbonyl (C=O) groups excluding carboxylic acids is 2. The molecule has 2 saturated heterocycles. The van der Waals surface area contributed by atoms with Crippen molar-refractivity contribution in [2.75, 3.05) is 20.2 Å². The Bertz CT molecular complexity index is 826. The molecule has 0 saturated carbocycles. The van der Waals surface area contributed by atoms with Gasteiger partial charge in [-0.3, -0.25) is 15.0 Å². The molecule has 0 aromatic heterocycles. The standard InChI is InChI=1S/C20H24N4O3S/c1-14-6-8-24(9-7-14)13-16-5-3-4-15(10-16)12-21-23-20-22-19(26)17(28-20)11-18(25)27-2/h3-5,10-12,14H,6-9,13H2,1-2H3,(H,22,23,26)/b17-11+,21-12?. The molecule has 2 fully saturated rings. The van der Waals surface area contributed by atoms with Gasteiger partial charge >= 0.3 is 5.97 Å². The van der Waals surface area contributed by atoms with E-state index < -0.39 is 5.97 Å². The SMILES string of the molecule is COC(=O)/C=C1/S/C(=N\N=Cc2cccc(CN3CCC(C)CC3)c2)NC1=O. The van der Waals surface area contributed by atoms with Crippen LogP contribution in [0, 0.1) is 5.92 Å². The highest BCUT2D eigenvalue weighted by Gasteiger charge is 2.25. The van der Waals surface area contributed by atoms with Crippen molar-refractivity contribution in [2.24, 2.45) is 16.1 Å². The molecular weight excluding hydrogens is 376 g/mol. The summed E-state index contributed by atoms with van der Waals surface area (Å²) >= 11 is 1.05. The third kappa shape index (κ3) is 5.77. The molecule has 1 aromatic carbocycles. The molecule has 0 atom stereocenters. The molecule has 0 unspecified atom stereocenters. The van der Waals surface area contributed by atoms with Gasteiger partial charge in [0.25, 0.3) is 5.91 Å². The Balaban J connectivity index is 1.59. The Kier molecular flexibility index (Phi) is 7.00. The lowest BCUT2D eigenvalue weighted by molar-refractivity contribution is -0.135. The van der Waals surface area contributed by atoms with Gasteiger partial charge in [-0.05, 0) is 60.8 Å². The Labute approximate surface area is 168 Å². The maximum atomic E-state index is 11.8. The molecule has 2 heterocycles. The lowest BCUT2D eigenvalue weighted by atomic mass is 9.99. The average Bonchev–Trinajstić information content (AvgIpc) is 3.03. The van der Waals surface area contributed by atoms with Gasteiger partial charge in [0.15, 0.2) is 5.17 Å². The Morgan fingerprint density at radius 2 is 2.18 bits per heavy atom. The minimum atomic E-state index is -0.581. The van der Waals surface area contributed by atoms with E-state index in [9.17, 15) is 9.59 Å². The summed E-state index contributed by atoms with van der Waals surface area (Å²) in [5.41, 5.74) is 2.20. The van der Waals surface area contributed by atoms with Crippen LogP contribution in [-0.2, 0) is 20.9 Å². The number of ether oxygens (including phenoxy) is 1. The summed E-state index contributed by atoms with van der Waals surface area (Å²) in [5.74, 6) is -0.143. The molecule has 2 aliphatic heterocycles. The fourth-order valence-corrected chi connectivity index (χ4v) is 3.78. The van der Waals surface area contributed by atoms with Gasteiger partial charge in [0.1, 0.15) is 0 Å². The molecule has 1 amide bonds. The molecule has 0 radical (unpaired) electrons. The zero-order chi connectivity index (χ0) is 19.9. The summed E-state index contributed by atoms with van der Waals surface area (Å²) in [6, 6.07) is 8.21. The van der Waals surface area contributed by atoms with E-state index in [0.717, 1.165) is 49.0 Å². The predicted octanol–water partition coefficient (Wildman–Crippen LogP) is 2.53. The second-order valence-corrected chi connectivity index (χ2v) is 7.97. The predicted molar refractivity (Wildman–Crippen MR) is 111 cm³/mol. The summed E-state index contributed by atoms with van der Waals surface area (Å²) < 4.78 is 4.52. The second-order valence-electron chi connectivity index (χ2n) is 6.94. The van der Waals surface area contributed by atoms with Crippen LogP contribution in [0.5, 0.6) is 0 Å². The van der Waals surface area contributed by atoms with Gasteiger partial charge in [0.05, 0.1) is 18.2 Å². The van der Waals surface area contributed by atoms with Gasteiger partial charge in [0, 0.05) is 12.6 Å². The topological polar surface area (TPSA) is 83.4 Å². The van der Waals surface area contributed by atoms with Crippen molar-refractivity contribution in [1.82, 2.24) is 10.2 Å². The highest BCUT2D eigenvalue weighted by molar-refractivity contribution is 8.18. The lowest BCUT2D eigenvalue weighted by Gasteiger charge is -2.30. The van der Waals surface area contributed by atoms with Gasteiger partial charge in [-0.15, -0.1) is 5.10 Å². The smallest absolute Gasteiger partial charge is 0.331 e. The van der Waals surface area contributed by atoms with Crippen LogP contribution in [0.3, 0.4) is 0 Å². The highest BCUT2D eigenvalue weighted by atomic mass is 32.2. The van der Waals surface area contributed by atoms with E-state index in [-0.39, 0.29) is 10.8 Å². The van der Waals surface area contributed by atoms with E-state index >= 15 is 0 Å². The van der Waals surface area contributed by atoms with Crippen LogP contribution in [0.25, 0.3) is 0 Å². The first kappa shape index (κ1) is 20.3. The number of carbonyl (C=O) groups is 2. The van der Waals surface area contributed by atoms with Crippen LogP contribution in [0.1, 0.15) is 30.9 Å². The van der Waals surface area contributed by atoms with Crippen LogP contribution in [0.4, 0.5) is 0 Å².